The van der Waals surface area contributed by atoms with Crippen molar-refractivity contribution in [2.45, 2.75) is 51.6 Å². The molecule has 170 valence electrons. The van der Waals surface area contributed by atoms with E-state index in [-0.39, 0.29) is 11.5 Å². The minimum absolute atomic E-state index is 0.0932. The van der Waals surface area contributed by atoms with Crippen LogP contribution < -0.4 is 9.47 Å². The number of para-hydroxylation sites is 1. The maximum absolute atomic E-state index is 14.3. The van der Waals surface area contributed by atoms with Gasteiger partial charge in [-0.05, 0) is 66.6 Å². The number of ether oxygens (including phenoxy) is 2. The van der Waals surface area contributed by atoms with Gasteiger partial charge in [0, 0.05) is 10.6 Å². The zero-order chi connectivity index (χ0) is 23.1. The Labute approximate surface area is 191 Å². The van der Waals surface area contributed by atoms with E-state index < -0.39 is 17.8 Å². The van der Waals surface area contributed by atoms with Crippen LogP contribution in [-0.2, 0) is 11.8 Å². The van der Waals surface area contributed by atoms with E-state index in [1.165, 1.54) is 12.1 Å². The van der Waals surface area contributed by atoms with Crippen LogP contribution in [0.3, 0.4) is 0 Å². The van der Waals surface area contributed by atoms with Crippen LogP contribution in [0.5, 0.6) is 17.2 Å². The number of benzene rings is 3. The summed E-state index contributed by atoms with van der Waals surface area (Å²) in [5.41, 5.74) is 1.15. The number of rotatable bonds is 10. The summed E-state index contributed by atoms with van der Waals surface area (Å²) in [5.74, 6) is 0.350. The van der Waals surface area contributed by atoms with Crippen LogP contribution in [0.25, 0.3) is 0 Å². The second-order valence-electron chi connectivity index (χ2n) is 8.01. The Kier molecular flexibility index (Phi) is 8.08. The van der Waals surface area contributed by atoms with E-state index in [2.05, 4.69) is 0 Å². The average Bonchev–Trinajstić information content (AvgIpc) is 2.75. The number of halogens is 4. The van der Waals surface area contributed by atoms with E-state index in [0.29, 0.717) is 29.2 Å². The molecule has 0 aliphatic carbocycles. The Balaban J connectivity index is 1.84. The van der Waals surface area contributed by atoms with Gasteiger partial charge in [0.2, 0.25) is 0 Å². The first kappa shape index (κ1) is 24.0. The van der Waals surface area contributed by atoms with Crippen LogP contribution in [-0.4, -0.2) is 6.61 Å². The SMILES string of the molecule is CCCC(C)(CCc1ccc(F)c(Oc2ccccc2)c1)c1ccc(Cl)cc1OC(F)F. The highest BCUT2D eigenvalue weighted by molar-refractivity contribution is 6.30. The normalized spacial score (nSPS) is 13.1. The molecule has 0 radical (unpaired) electrons. The van der Waals surface area contributed by atoms with Gasteiger partial charge in [0.05, 0.1) is 0 Å². The van der Waals surface area contributed by atoms with Crippen molar-refractivity contribution in [1.82, 2.24) is 0 Å². The van der Waals surface area contributed by atoms with Gasteiger partial charge in [-0.1, -0.05) is 62.2 Å². The third-order valence-electron chi connectivity index (χ3n) is 5.54. The highest BCUT2D eigenvalue weighted by Crippen LogP contribution is 2.41. The molecule has 32 heavy (non-hydrogen) atoms. The van der Waals surface area contributed by atoms with Gasteiger partial charge in [-0.2, -0.15) is 8.78 Å². The summed E-state index contributed by atoms with van der Waals surface area (Å²) in [6.07, 6.45) is 2.89. The summed E-state index contributed by atoms with van der Waals surface area (Å²) < 4.78 is 50.8. The van der Waals surface area contributed by atoms with Crippen LogP contribution in [0.4, 0.5) is 13.2 Å². The van der Waals surface area contributed by atoms with E-state index in [4.69, 9.17) is 21.1 Å². The van der Waals surface area contributed by atoms with Crippen LogP contribution in [0.2, 0.25) is 5.02 Å². The quantitative estimate of drug-likeness (QED) is 0.300. The minimum Gasteiger partial charge on any atom is -0.454 e. The number of hydrogen-bond donors (Lipinski definition) is 0. The van der Waals surface area contributed by atoms with Crippen molar-refractivity contribution in [2.75, 3.05) is 0 Å². The van der Waals surface area contributed by atoms with E-state index in [1.807, 2.05) is 32.0 Å². The predicted molar refractivity (Wildman–Crippen MR) is 122 cm³/mol. The molecule has 3 aromatic rings. The van der Waals surface area contributed by atoms with Crippen LogP contribution >= 0.6 is 11.6 Å². The molecule has 6 heteroatoms. The molecule has 3 aromatic carbocycles. The molecular weight excluding hydrogens is 437 g/mol. The Morgan fingerprint density at radius 2 is 1.69 bits per heavy atom. The van der Waals surface area contributed by atoms with Gasteiger partial charge in [0.1, 0.15) is 11.5 Å². The largest absolute Gasteiger partial charge is 0.454 e. The molecule has 0 saturated carbocycles. The topological polar surface area (TPSA) is 18.5 Å². The van der Waals surface area contributed by atoms with Crippen LogP contribution in [0, 0.1) is 5.82 Å². The first-order valence-electron chi connectivity index (χ1n) is 10.6. The number of aryl methyl sites for hydroxylation is 1. The average molecular weight is 463 g/mol. The highest BCUT2D eigenvalue weighted by Gasteiger charge is 2.30. The molecule has 0 aliphatic heterocycles. The Morgan fingerprint density at radius 3 is 2.38 bits per heavy atom. The summed E-state index contributed by atoms with van der Waals surface area (Å²) in [5, 5.41) is 0.337. The molecule has 0 aromatic heterocycles. The molecule has 0 bridgehead atoms. The van der Waals surface area contributed by atoms with Crippen molar-refractivity contribution in [1.29, 1.82) is 0 Å². The Morgan fingerprint density at radius 1 is 0.938 bits per heavy atom. The van der Waals surface area contributed by atoms with Crippen molar-refractivity contribution < 1.29 is 22.6 Å². The van der Waals surface area contributed by atoms with Gasteiger partial charge < -0.3 is 9.47 Å². The fourth-order valence-electron chi connectivity index (χ4n) is 3.95. The number of hydrogen-bond acceptors (Lipinski definition) is 2. The summed E-state index contributed by atoms with van der Waals surface area (Å²) in [7, 11) is 0. The maximum atomic E-state index is 14.3. The lowest BCUT2D eigenvalue weighted by Gasteiger charge is -2.32. The molecule has 0 fully saturated rings. The van der Waals surface area contributed by atoms with Crippen molar-refractivity contribution in [3.8, 4) is 17.2 Å². The lowest BCUT2D eigenvalue weighted by molar-refractivity contribution is -0.0510. The van der Waals surface area contributed by atoms with E-state index in [1.54, 1.807) is 36.4 Å². The van der Waals surface area contributed by atoms with Crippen molar-refractivity contribution >= 4 is 11.6 Å². The molecule has 3 rings (SSSR count). The predicted octanol–water partition coefficient (Wildman–Crippen LogP) is 8.56. The van der Waals surface area contributed by atoms with E-state index in [0.717, 1.165) is 18.4 Å². The van der Waals surface area contributed by atoms with Crippen molar-refractivity contribution in [3.63, 3.8) is 0 Å². The van der Waals surface area contributed by atoms with Gasteiger partial charge in [-0.25, -0.2) is 4.39 Å². The first-order chi connectivity index (χ1) is 15.3. The fourth-order valence-corrected chi connectivity index (χ4v) is 4.11. The standard InChI is InChI=1S/C26H26ClF3O2/c1-3-14-26(2,21-11-10-19(27)17-23(21)32-25(29)30)15-13-18-9-12-22(28)24(16-18)31-20-7-5-4-6-8-20/h4-12,16-17,25H,3,13-15H2,1-2H3. The lowest BCUT2D eigenvalue weighted by atomic mass is 9.74. The molecule has 0 N–H and O–H groups in total. The molecular formula is C26H26ClF3O2. The van der Waals surface area contributed by atoms with Gasteiger partial charge in [-0.15, -0.1) is 0 Å². The molecule has 2 nitrogen and oxygen atoms in total. The minimum atomic E-state index is -2.94. The van der Waals surface area contributed by atoms with Crippen LogP contribution in [0.15, 0.2) is 66.7 Å². The van der Waals surface area contributed by atoms with Crippen LogP contribution in [0.1, 0.15) is 44.2 Å². The maximum Gasteiger partial charge on any atom is 0.387 e. The Hall–Kier alpha value is -2.66. The monoisotopic (exact) mass is 462 g/mol. The lowest BCUT2D eigenvalue weighted by Crippen LogP contribution is -2.24. The second kappa shape index (κ2) is 10.8. The third-order valence-corrected chi connectivity index (χ3v) is 5.78. The molecule has 1 unspecified atom stereocenters. The zero-order valence-electron chi connectivity index (χ0n) is 18.1. The number of alkyl halides is 2. The molecule has 0 saturated heterocycles. The van der Waals surface area contributed by atoms with E-state index in [9.17, 15) is 13.2 Å². The zero-order valence-corrected chi connectivity index (χ0v) is 18.8. The summed E-state index contributed by atoms with van der Waals surface area (Å²) in [6.45, 7) is 1.14. The van der Waals surface area contributed by atoms with Gasteiger partial charge in [0.25, 0.3) is 0 Å². The summed E-state index contributed by atoms with van der Waals surface area (Å²) >= 11 is 6.02. The fraction of sp³-hybridized carbons (Fsp3) is 0.308. The van der Waals surface area contributed by atoms with Gasteiger partial charge >= 0.3 is 6.61 Å². The molecule has 0 heterocycles. The van der Waals surface area contributed by atoms with Crippen molar-refractivity contribution in [2.24, 2.45) is 0 Å². The summed E-state index contributed by atoms with van der Waals surface area (Å²) in [4.78, 5) is 0. The Bertz CT molecular complexity index is 1030. The first-order valence-corrected chi connectivity index (χ1v) is 10.9. The molecule has 0 aliphatic rings. The molecule has 1 atom stereocenters. The van der Waals surface area contributed by atoms with Crippen molar-refractivity contribution in [3.05, 3.63) is 88.7 Å². The van der Waals surface area contributed by atoms with E-state index >= 15 is 0 Å². The van der Waals surface area contributed by atoms with Gasteiger partial charge in [-0.3, -0.25) is 0 Å². The van der Waals surface area contributed by atoms with Gasteiger partial charge in [0.15, 0.2) is 11.6 Å². The molecule has 0 spiro atoms. The second-order valence-corrected chi connectivity index (χ2v) is 8.45. The summed E-state index contributed by atoms with van der Waals surface area (Å²) in [6, 6.07) is 18.7. The smallest absolute Gasteiger partial charge is 0.387 e. The molecule has 0 amide bonds. The third kappa shape index (κ3) is 6.19. The highest BCUT2D eigenvalue weighted by atomic mass is 35.5.